The largest absolute Gasteiger partial charge is 0.507 e. The van der Waals surface area contributed by atoms with Crippen LogP contribution in [0, 0.1) is 6.92 Å². The Morgan fingerprint density at radius 1 is 1.00 bits per heavy atom. The predicted molar refractivity (Wildman–Crippen MR) is 113 cm³/mol. The number of aryl methyl sites for hydroxylation is 1. The lowest BCUT2D eigenvalue weighted by atomic mass is 9.97. The first-order valence-corrected chi connectivity index (χ1v) is 9.45. The van der Waals surface area contributed by atoms with Crippen LogP contribution < -0.4 is 9.64 Å². The van der Waals surface area contributed by atoms with E-state index in [9.17, 15) is 14.7 Å². The number of ether oxygens (including phenoxy) is 1. The fourth-order valence-electron chi connectivity index (χ4n) is 3.59. The number of aliphatic hydroxyl groups excluding tert-OH is 1. The van der Waals surface area contributed by atoms with Crippen molar-refractivity contribution >= 4 is 23.1 Å². The molecule has 150 valence electrons. The number of hydrogen-bond acceptors (Lipinski definition) is 5. The van der Waals surface area contributed by atoms with Gasteiger partial charge >= 0.3 is 0 Å². The normalized spacial score (nSPS) is 17.9. The van der Waals surface area contributed by atoms with Gasteiger partial charge in [0, 0.05) is 11.8 Å². The average molecular weight is 400 g/mol. The van der Waals surface area contributed by atoms with Crippen LogP contribution in [0.25, 0.3) is 5.76 Å². The fourth-order valence-corrected chi connectivity index (χ4v) is 3.59. The summed E-state index contributed by atoms with van der Waals surface area (Å²) < 4.78 is 5.41. The number of aromatic nitrogens is 1. The van der Waals surface area contributed by atoms with E-state index in [0.29, 0.717) is 22.7 Å². The first-order chi connectivity index (χ1) is 14.5. The third kappa shape index (κ3) is 3.22. The van der Waals surface area contributed by atoms with Crippen LogP contribution in [0.2, 0.25) is 0 Å². The molecule has 1 fully saturated rings. The van der Waals surface area contributed by atoms with Gasteiger partial charge in [0.2, 0.25) is 0 Å². The summed E-state index contributed by atoms with van der Waals surface area (Å²) in [5, 5.41) is 11.0. The monoisotopic (exact) mass is 400 g/mol. The molecule has 0 bridgehead atoms. The Morgan fingerprint density at radius 2 is 1.70 bits per heavy atom. The van der Waals surface area contributed by atoms with Crippen LogP contribution in [0.4, 0.5) is 5.69 Å². The molecule has 1 unspecified atom stereocenters. The summed E-state index contributed by atoms with van der Waals surface area (Å²) in [7, 11) is 1.50. The SMILES string of the molecule is COc1ccccc1N1C(=O)C(=O)/C(=C(\O)c2ccc(C)cc2)C1c1ccccn1. The van der Waals surface area contributed by atoms with Crippen molar-refractivity contribution in [1.29, 1.82) is 0 Å². The van der Waals surface area contributed by atoms with Gasteiger partial charge in [-0.2, -0.15) is 0 Å². The van der Waals surface area contributed by atoms with Crippen LogP contribution in [-0.2, 0) is 9.59 Å². The first kappa shape index (κ1) is 19.4. The second-order valence-electron chi connectivity index (χ2n) is 6.96. The molecular weight excluding hydrogens is 380 g/mol. The van der Waals surface area contributed by atoms with E-state index in [-0.39, 0.29) is 11.3 Å². The second kappa shape index (κ2) is 7.83. The zero-order chi connectivity index (χ0) is 21.3. The smallest absolute Gasteiger partial charge is 0.300 e. The van der Waals surface area contributed by atoms with Gasteiger partial charge < -0.3 is 9.84 Å². The molecule has 0 spiro atoms. The number of para-hydroxylation sites is 2. The molecular formula is C24H20N2O4. The van der Waals surface area contributed by atoms with E-state index in [0.717, 1.165) is 5.56 Å². The zero-order valence-electron chi connectivity index (χ0n) is 16.6. The molecule has 0 saturated carbocycles. The van der Waals surface area contributed by atoms with Crippen molar-refractivity contribution in [3.63, 3.8) is 0 Å². The molecule has 1 aromatic heterocycles. The number of rotatable bonds is 4. The maximum Gasteiger partial charge on any atom is 0.300 e. The van der Waals surface area contributed by atoms with E-state index in [1.165, 1.54) is 12.0 Å². The summed E-state index contributed by atoms with van der Waals surface area (Å²) in [4.78, 5) is 31.9. The summed E-state index contributed by atoms with van der Waals surface area (Å²) in [6.07, 6.45) is 1.59. The molecule has 30 heavy (non-hydrogen) atoms. The van der Waals surface area contributed by atoms with Crippen LogP contribution in [-0.4, -0.2) is 28.9 Å². The van der Waals surface area contributed by atoms with E-state index in [2.05, 4.69) is 4.98 Å². The van der Waals surface area contributed by atoms with Gasteiger partial charge in [-0.25, -0.2) is 0 Å². The van der Waals surface area contributed by atoms with Gasteiger partial charge in [-0.15, -0.1) is 0 Å². The molecule has 2 heterocycles. The fraction of sp³-hybridized carbons (Fsp3) is 0.125. The molecule has 1 aliphatic heterocycles. The van der Waals surface area contributed by atoms with Gasteiger partial charge in [0.1, 0.15) is 17.6 Å². The van der Waals surface area contributed by atoms with Gasteiger partial charge in [-0.1, -0.05) is 48.0 Å². The highest BCUT2D eigenvalue weighted by molar-refractivity contribution is 6.51. The lowest BCUT2D eigenvalue weighted by Crippen LogP contribution is -2.30. The highest BCUT2D eigenvalue weighted by atomic mass is 16.5. The maximum atomic E-state index is 13.1. The van der Waals surface area contributed by atoms with Crippen LogP contribution in [0.3, 0.4) is 0 Å². The molecule has 2 aromatic carbocycles. The highest BCUT2D eigenvalue weighted by Crippen LogP contribution is 2.44. The van der Waals surface area contributed by atoms with Gasteiger partial charge in [0.25, 0.3) is 11.7 Å². The number of anilines is 1. The number of hydrogen-bond donors (Lipinski definition) is 1. The van der Waals surface area contributed by atoms with Crippen LogP contribution in [0.5, 0.6) is 5.75 Å². The molecule has 1 atom stereocenters. The van der Waals surface area contributed by atoms with E-state index < -0.39 is 17.7 Å². The highest BCUT2D eigenvalue weighted by Gasteiger charge is 2.48. The van der Waals surface area contributed by atoms with Crippen molar-refractivity contribution in [3.05, 3.63) is 95.3 Å². The molecule has 0 aliphatic carbocycles. The number of aliphatic hydroxyl groups is 1. The van der Waals surface area contributed by atoms with Gasteiger partial charge in [0.15, 0.2) is 0 Å². The molecule has 6 nitrogen and oxygen atoms in total. The number of ketones is 1. The Kier molecular flexibility index (Phi) is 5.06. The van der Waals surface area contributed by atoms with Crippen LogP contribution in [0.15, 0.2) is 78.5 Å². The summed E-state index contributed by atoms with van der Waals surface area (Å²) in [6.45, 7) is 1.93. The third-order valence-electron chi connectivity index (χ3n) is 5.08. The quantitative estimate of drug-likeness (QED) is 0.406. The minimum Gasteiger partial charge on any atom is -0.507 e. The van der Waals surface area contributed by atoms with E-state index in [1.54, 1.807) is 60.8 Å². The second-order valence-corrected chi connectivity index (χ2v) is 6.96. The Bertz CT molecular complexity index is 1140. The van der Waals surface area contributed by atoms with E-state index in [4.69, 9.17) is 4.74 Å². The molecule has 0 radical (unpaired) electrons. The Hall–Kier alpha value is -3.93. The van der Waals surface area contributed by atoms with E-state index >= 15 is 0 Å². The Morgan fingerprint density at radius 3 is 2.37 bits per heavy atom. The molecule has 1 aliphatic rings. The zero-order valence-corrected chi connectivity index (χ0v) is 16.6. The molecule has 1 amide bonds. The minimum atomic E-state index is -0.885. The van der Waals surface area contributed by atoms with E-state index in [1.807, 2.05) is 19.1 Å². The number of pyridine rings is 1. The molecule has 1 N–H and O–H groups in total. The number of carbonyl (C=O) groups excluding carboxylic acids is 2. The minimum absolute atomic E-state index is 0.00606. The lowest BCUT2D eigenvalue weighted by molar-refractivity contribution is -0.132. The Balaban J connectivity index is 1.96. The van der Waals surface area contributed by atoms with Crippen molar-refractivity contribution in [2.75, 3.05) is 12.0 Å². The van der Waals surface area contributed by atoms with Crippen molar-refractivity contribution in [1.82, 2.24) is 4.98 Å². The molecule has 3 aromatic rings. The number of nitrogens with zero attached hydrogens (tertiary/aromatic N) is 2. The number of benzene rings is 2. The molecule has 4 rings (SSSR count). The summed E-state index contributed by atoms with van der Waals surface area (Å²) in [5.41, 5.74) is 2.37. The summed E-state index contributed by atoms with van der Waals surface area (Å²) in [5.74, 6) is -1.31. The van der Waals surface area contributed by atoms with Crippen molar-refractivity contribution < 1.29 is 19.4 Å². The summed E-state index contributed by atoms with van der Waals surface area (Å²) >= 11 is 0. The topological polar surface area (TPSA) is 79.7 Å². The number of amides is 1. The lowest BCUT2D eigenvalue weighted by Gasteiger charge is -2.26. The number of carbonyl (C=O) groups is 2. The van der Waals surface area contributed by atoms with Crippen molar-refractivity contribution in [3.8, 4) is 5.75 Å². The van der Waals surface area contributed by atoms with Gasteiger partial charge in [-0.3, -0.25) is 19.5 Å². The van der Waals surface area contributed by atoms with Crippen molar-refractivity contribution in [2.24, 2.45) is 0 Å². The average Bonchev–Trinajstić information content (AvgIpc) is 3.05. The molecule has 6 heteroatoms. The van der Waals surface area contributed by atoms with Crippen LogP contribution in [0.1, 0.15) is 22.9 Å². The standard InChI is InChI=1S/C24H20N2O4/c1-15-10-12-16(13-11-15)22(27)20-21(17-7-5-6-14-25-17)26(24(29)23(20)28)18-8-3-4-9-19(18)30-2/h3-14,21,27H,1-2H3/b22-20-. The van der Waals surface area contributed by atoms with Crippen molar-refractivity contribution in [2.45, 2.75) is 13.0 Å². The Labute approximate surface area is 174 Å². The summed E-state index contributed by atoms with van der Waals surface area (Å²) in [6, 6.07) is 18.4. The maximum absolute atomic E-state index is 13.1. The molecule has 1 saturated heterocycles. The number of Topliss-reactive ketones (excluding diaryl/α,β-unsaturated/α-hetero) is 1. The van der Waals surface area contributed by atoms with Gasteiger partial charge in [0.05, 0.1) is 24.1 Å². The third-order valence-corrected chi connectivity index (χ3v) is 5.08. The number of methoxy groups -OCH3 is 1. The first-order valence-electron chi connectivity index (χ1n) is 9.45. The van der Waals surface area contributed by atoms with Gasteiger partial charge in [-0.05, 0) is 31.2 Å². The van der Waals surface area contributed by atoms with Crippen LogP contribution >= 0.6 is 0 Å². The predicted octanol–water partition coefficient (Wildman–Crippen LogP) is 4.02.